The molecule has 2 unspecified atom stereocenters. The summed E-state index contributed by atoms with van der Waals surface area (Å²) in [6.45, 7) is 5.73. The highest BCUT2D eigenvalue weighted by Gasteiger charge is 2.66. The van der Waals surface area contributed by atoms with Crippen LogP contribution in [0, 0.1) is 17.3 Å². The van der Waals surface area contributed by atoms with Crippen LogP contribution in [-0.2, 0) is 14.4 Å². The van der Waals surface area contributed by atoms with Crippen LogP contribution in [0.2, 0.25) is 0 Å². The summed E-state index contributed by atoms with van der Waals surface area (Å²) < 4.78 is 0. The van der Waals surface area contributed by atoms with Gasteiger partial charge in [-0.15, -0.1) is 0 Å². The van der Waals surface area contributed by atoms with Crippen molar-refractivity contribution in [3.63, 3.8) is 0 Å². The largest absolute Gasteiger partial charge is 0.481 e. The van der Waals surface area contributed by atoms with E-state index in [-0.39, 0.29) is 18.4 Å². The Labute approximate surface area is 113 Å². The Bertz CT molecular complexity index is 403. The Morgan fingerprint density at radius 1 is 1.16 bits per heavy atom. The fraction of sp³-hybridized carbons (Fsp3) is 0.769. The molecule has 0 aromatic heterocycles. The maximum absolute atomic E-state index is 12.3. The summed E-state index contributed by atoms with van der Waals surface area (Å²) in [5.41, 5.74) is -0.530. The van der Waals surface area contributed by atoms with Gasteiger partial charge in [-0.2, -0.15) is 0 Å². The number of nitrogens with zero attached hydrogens (tertiary/aromatic N) is 2. The molecular formula is C13H22N2O4. The molecule has 0 radical (unpaired) electrons. The van der Waals surface area contributed by atoms with E-state index in [1.54, 1.807) is 34.9 Å². The van der Waals surface area contributed by atoms with E-state index in [0.717, 1.165) is 0 Å². The van der Waals surface area contributed by atoms with Crippen LogP contribution in [0.4, 0.5) is 0 Å². The number of rotatable bonds is 5. The molecule has 0 aromatic carbocycles. The maximum atomic E-state index is 12.3. The minimum atomic E-state index is -0.946. The molecule has 0 spiro atoms. The molecule has 1 fully saturated rings. The van der Waals surface area contributed by atoms with Crippen molar-refractivity contribution in [1.82, 2.24) is 9.80 Å². The van der Waals surface area contributed by atoms with Crippen molar-refractivity contribution in [2.45, 2.75) is 20.8 Å². The van der Waals surface area contributed by atoms with Crippen LogP contribution in [0.5, 0.6) is 0 Å². The second-order valence-corrected chi connectivity index (χ2v) is 5.76. The predicted molar refractivity (Wildman–Crippen MR) is 69.3 cm³/mol. The van der Waals surface area contributed by atoms with Crippen molar-refractivity contribution in [2.75, 3.05) is 27.2 Å². The number of carboxylic acids is 1. The van der Waals surface area contributed by atoms with E-state index in [1.807, 2.05) is 0 Å². The summed E-state index contributed by atoms with van der Waals surface area (Å²) in [7, 11) is 3.25. The Balaban J connectivity index is 2.76. The van der Waals surface area contributed by atoms with Crippen LogP contribution < -0.4 is 0 Å². The van der Waals surface area contributed by atoms with Gasteiger partial charge in [-0.3, -0.25) is 14.4 Å². The number of likely N-dealkylation sites (N-methyl/N-ethyl adjacent to an activating group) is 2. The number of amides is 2. The molecule has 2 amide bonds. The molecule has 0 bridgehead atoms. The molecule has 0 saturated heterocycles. The molecule has 1 N–H and O–H groups in total. The number of hydrogen-bond acceptors (Lipinski definition) is 3. The van der Waals surface area contributed by atoms with E-state index in [2.05, 4.69) is 0 Å². The van der Waals surface area contributed by atoms with E-state index >= 15 is 0 Å². The molecule has 0 aliphatic heterocycles. The minimum absolute atomic E-state index is 0.00124. The molecule has 108 valence electrons. The first kappa shape index (κ1) is 15.5. The zero-order chi connectivity index (χ0) is 15.0. The lowest BCUT2D eigenvalue weighted by atomic mass is 10.1. The second-order valence-electron chi connectivity index (χ2n) is 5.76. The van der Waals surface area contributed by atoms with Crippen molar-refractivity contribution >= 4 is 17.8 Å². The molecule has 1 saturated carbocycles. The highest BCUT2D eigenvalue weighted by Crippen LogP contribution is 2.58. The lowest BCUT2D eigenvalue weighted by molar-refractivity contribution is -0.143. The van der Waals surface area contributed by atoms with Crippen LogP contribution in [0.3, 0.4) is 0 Å². The number of carboxylic acid groups (broad SMARTS) is 1. The molecule has 6 nitrogen and oxygen atoms in total. The fourth-order valence-corrected chi connectivity index (χ4v) is 2.41. The van der Waals surface area contributed by atoms with Crippen LogP contribution in [0.1, 0.15) is 20.8 Å². The molecule has 6 heteroatoms. The van der Waals surface area contributed by atoms with Crippen LogP contribution in [0.15, 0.2) is 0 Å². The van der Waals surface area contributed by atoms with E-state index in [0.29, 0.717) is 6.54 Å². The Hall–Kier alpha value is -1.59. The molecule has 1 rings (SSSR count). The maximum Gasteiger partial charge on any atom is 0.307 e. The van der Waals surface area contributed by atoms with E-state index < -0.39 is 23.2 Å². The summed E-state index contributed by atoms with van der Waals surface area (Å²) in [5, 5.41) is 9.09. The van der Waals surface area contributed by atoms with E-state index in [9.17, 15) is 14.4 Å². The summed E-state index contributed by atoms with van der Waals surface area (Å²) >= 11 is 0. The van der Waals surface area contributed by atoms with Gasteiger partial charge in [0.25, 0.3) is 0 Å². The van der Waals surface area contributed by atoms with Gasteiger partial charge in [-0.05, 0) is 12.3 Å². The smallest absolute Gasteiger partial charge is 0.307 e. The third kappa shape index (κ3) is 2.88. The quantitative estimate of drug-likeness (QED) is 0.778. The van der Waals surface area contributed by atoms with E-state index in [1.165, 1.54) is 9.80 Å². The average Bonchev–Trinajstić information content (AvgIpc) is 2.87. The van der Waals surface area contributed by atoms with Crippen LogP contribution in [-0.4, -0.2) is 59.9 Å². The third-order valence-corrected chi connectivity index (χ3v) is 3.88. The zero-order valence-electron chi connectivity index (χ0n) is 12.1. The SMILES string of the molecule is CCN(CC(=O)N(C)C)C(=O)C1C(C(=O)O)C1(C)C. The summed E-state index contributed by atoms with van der Waals surface area (Å²) in [4.78, 5) is 37.9. The molecule has 0 aromatic rings. The Morgan fingerprint density at radius 2 is 1.68 bits per heavy atom. The summed E-state index contributed by atoms with van der Waals surface area (Å²) in [6.07, 6.45) is 0. The van der Waals surface area contributed by atoms with Crippen molar-refractivity contribution in [1.29, 1.82) is 0 Å². The number of carbonyl (C=O) groups is 3. The summed E-state index contributed by atoms with van der Waals surface area (Å²) in [6, 6.07) is 0. The monoisotopic (exact) mass is 270 g/mol. The van der Waals surface area contributed by atoms with Gasteiger partial charge in [0.1, 0.15) is 0 Å². The molecule has 19 heavy (non-hydrogen) atoms. The minimum Gasteiger partial charge on any atom is -0.481 e. The highest BCUT2D eigenvalue weighted by molar-refractivity contribution is 5.93. The van der Waals surface area contributed by atoms with Crippen molar-refractivity contribution < 1.29 is 19.5 Å². The first-order chi connectivity index (χ1) is 8.64. The predicted octanol–water partition coefficient (Wildman–Crippen LogP) is 0.280. The average molecular weight is 270 g/mol. The Morgan fingerprint density at radius 3 is 2.00 bits per heavy atom. The molecule has 1 aliphatic carbocycles. The first-order valence-electron chi connectivity index (χ1n) is 6.36. The van der Waals surface area contributed by atoms with Crippen LogP contribution in [0.25, 0.3) is 0 Å². The highest BCUT2D eigenvalue weighted by atomic mass is 16.4. The van der Waals surface area contributed by atoms with Gasteiger partial charge in [0.15, 0.2) is 0 Å². The fourth-order valence-electron chi connectivity index (χ4n) is 2.41. The number of hydrogen-bond donors (Lipinski definition) is 1. The number of carbonyl (C=O) groups excluding carboxylic acids is 2. The van der Waals surface area contributed by atoms with Crippen LogP contribution >= 0.6 is 0 Å². The topological polar surface area (TPSA) is 77.9 Å². The van der Waals surface area contributed by atoms with Crippen molar-refractivity contribution in [3.8, 4) is 0 Å². The van der Waals surface area contributed by atoms with Crippen molar-refractivity contribution in [3.05, 3.63) is 0 Å². The Kier molecular flexibility index (Phi) is 4.22. The lowest BCUT2D eigenvalue weighted by Gasteiger charge is -2.23. The van der Waals surface area contributed by atoms with Gasteiger partial charge < -0.3 is 14.9 Å². The third-order valence-electron chi connectivity index (χ3n) is 3.88. The first-order valence-corrected chi connectivity index (χ1v) is 6.36. The van der Waals surface area contributed by atoms with E-state index in [4.69, 9.17) is 5.11 Å². The lowest BCUT2D eigenvalue weighted by Crippen LogP contribution is -2.41. The van der Waals surface area contributed by atoms with Gasteiger partial charge in [0.05, 0.1) is 18.4 Å². The normalized spacial score (nSPS) is 23.6. The van der Waals surface area contributed by atoms with Gasteiger partial charge in [0, 0.05) is 20.6 Å². The molecule has 0 heterocycles. The molecule has 2 atom stereocenters. The molecule has 1 aliphatic rings. The second kappa shape index (κ2) is 5.19. The van der Waals surface area contributed by atoms with Gasteiger partial charge in [-0.1, -0.05) is 13.8 Å². The standard InChI is InChI=1S/C13H22N2O4/c1-6-15(7-8(16)14(4)5)11(17)9-10(12(18)19)13(9,2)3/h9-10H,6-7H2,1-5H3,(H,18,19). The number of aliphatic carboxylic acids is 1. The summed E-state index contributed by atoms with van der Waals surface area (Å²) in [5.74, 6) is -2.53. The van der Waals surface area contributed by atoms with Crippen molar-refractivity contribution in [2.24, 2.45) is 17.3 Å². The van der Waals surface area contributed by atoms with Gasteiger partial charge in [-0.25, -0.2) is 0 Å². The van der Waals surface area contributed by atoms with Gasteiger partial charge in [0.2, 0.25) is 11.8 Å². The molecular weight excluding hydrogens is 248 g/mol. The zero-order valence-corrected chi connectivity index (χ0v) is 12.1. The van der Waals surface area contributed by atoms with Gasteiger partial charge >= 0.3 is 5.97 Å².